The Morgan fingerprint density at radius 3 is 1.62 bits per heavy atom. The maximum Gasteiger partial charge on any atom is 0.416 e. The van der Waals surface area contributed by atoms with Gasteiger partial charge < -0.3 is 34.9 Å². The van der Waals surface area contributed by atoms with Gasteiger partial charge in [0, 0.05) is 112 Å². The van der Waals surface area contributed by atoms with Gasteiger partial charge in [0.2, 0.25) is 0 Å². The summed E-state index contributed by atoms with van der Waals surface area (Å²) >= 11 is 0. The Kier molecular flexibility index (Phi) is 23.0. The van der Waals surface area contributed by atoms with Gasteiger partial charge in [-0.25, -0.2) is 4.79 Å². The predicted octanol–water partition coefficient (Wildman–Crippen LogP) is 7.40. The number of amides is 3. The first-order valence-corrected chi connectivity index (χ1v) is 26.4. The van der Waals surface area contributed by atoms with Crippen molar-refractivity contribution < 1.29 is 51.3 Å². The van der Waals surface area contributed by atoms with Crippen molar-refractivity contribution in [1.29, 1.82) is 0 Å². The Labute approximate surface area is 456 Å². The van der Waals surface area contributed by atoms with Gasteiger partial charge in [-0.15, -0.1) is 0 Å². The second kappa shape index (κ2) is 30.0. The van der Waals surface area contributed by atoms with Gasteiger partial charge in [-0.3, -0.25) is 42.5 Å². The van der Waals surface area contributed by atoms with E-state index in [1.54, 1.807) is 41.5 Å². The first-order chi connectivity index (χ1) is 38.0. The molecule has 0 unspecified atom stereocenters. The van der Waals surface area contributed by atoms with Crippen LogP contribution in [0.4, 0.5) is 18.0 Å². The molecule has 79 heavy (non-hydrogen) atoms. The summed E-state index contributed by atoms with van der Waals surface area (Å²) in [6.07, 6.45) is 2.70. The number of alkyl halides is 3. The predicted molar refractivity (Wildman–Crippen MR) is 291 cm³/mol. The number of urea groups is 1. The number of hydrogen-bond acceptors (Lipinski definition) is 12. The summed E-state index contributed by atoms with van der Waals surface area (Å²) in [4.78, 5) is 78.7. The highest BCUT2D eigenvalue weighted by Crippen LogP contribution is 2.32. The summed E-state index contributed by atoms with van der Waals surface area (Å²) in [6, 6.07) is 18.2. The third-order valence-corrected chi connectivity index (χ3v) is 13.0. The molecule has 0 saturated carbocycles. The molecule has 0 atom stereocenters. The molecule has 0 fully saturated rings. The van der Waals surface area contributed by atoms with Gasteiger partial charge in [-0.1, -0.05) is 24.6 Å². The minimum atomic E-state index is -4.64. The minimum Gasteiger partial charge on any atom is -0.379 e. The van der Waals surface area contributed by atoms with E-state index in [-0.39, 0.29) is 79.4 Å². The third-order valence-electron chi connectivity index (χ3n) is 13.0. The number of benzene rings is 2. The van der Waals surface area contributed by atoms with Crippen LogP contribution in [-0.2, 0) is 44.0 Å². The maximum absolute atomic E-state index is 13.7. The number of pyridine rings is 2. The van der Waals surface area contributed by atoms with E-state index in [9.17, 15) is 41.9 Å². The third kappa shape index (κ3) is 17.5. The van der Waals surface area contributed by atoms with Gasteiger partial charge in [-0.05, 0) is 107 Å². The highest BCUT2D eigenvalue weighted by Gasteiger charge is 2.31. The summed E-state index contributed by atoms with van der Waals surface area (Å²) in [7, 11) is 3.49. The van der Waals surface area contributed by atoms with Crippen LogP contribution < -0.4 is 27.1 Å². The van der Waals surface area contributed by atoms with Crippen molar-refractivity contribution in [3.8, 4) is 33.9 Å². The Balaban J connectivity index is 0.750. The first-order valence-electron chi connectivity index (χ1n) is 26.4. The summed E-state index contributed by atoms with van der Waals surface area (Å²) in [6.45, 7) is 8.39. The van der Waals surface area contributed by atoms with Gasteiger partial charge in [0.15, 0.2) is 5.78 Å². The smallest absolute Gasteiger partial charge is 0.379 e. The number of carbonyl (C=O) groups excluding carboxylic acids is 4. The molecule has 6 aromatic rings. The molecule has 3 amide bonds. The van der Waals surface area contributed by atoms with Crippen molar-refractivity contribution in [1.82, 2.24) is 44.6 Å². The van der Waals surface area contributed by atoms with Gasteiger partial charge in [0.25, 0.3) is 17.0 Å². The molecule has 0 saturated heterocycles. The number of ketones is 2. The minimum absolute atomic E-state index is 0.0404. The zero-order valence-electron chi connectivity index (χ0n) is 45.4. The molecule has 19 nitrogen and oxygen atoms in total. The number of nitrogens with zero attached hydrogens (tertiary/aromatic N) is 6. The van der Waals surface area contributed by atoms with Crippen LogP contribution in [0.5, 0.6) is 0 Å². The molecule has 0 spiro atoms. The number of aryl methyl sites for hydroxylation is 3. The van der Waals surface area contributed by atoms with Crippen LogP contribution >= 0.6 is 0 Å². The largest absolute Gasteiger partial charge is 0.416 e. The molecule has 0 radical (unpaired) electrons. The Bertz CT molecular complexity index is 3140. The molecule has 0 aliphatic heterocycles. The zero-order chi connectivity index (χ0) is 56.9. The molecular weight excluding hydrogens is 1030 g/mol. The lowest BCUT2D eigenvalue weighted by molar-refractivity contribution is -0.137. The van der Waals surface area contributed by atoms with E-state index in [0.717, 1.165) is 46.4 Å². The average Bonchev–Trinajstić information content (AvgIpc) is 4.12. The van der Waals surface area contributed by atoms with Crippen molar-refractivity contribution in [3.05, 3.63) is 140 Å². The van der Waals surface area contributed by atoms with Crippen LogP contribution in [-0.4, -0.2) is 125 Å². The first kappa shape index (κ1) is 60.7. The molecular formula is C57H70F3N9O10. The number of Topliss-reactive ketones (excluding diaryl/α,β-unsaturated/α-hetero) is 2. The van der Waals surface area contributed by atoms with Crippen molar-refractivity contribution in [2.24, 2.45) is 14.1 Å². The summed E-state index contributed by atoms with van der Waals surface area (Å²) in [5.41, 5.74) is 2.97. The van der Waals surface area contributed by atoms with E-state index >= 15 is 0 Å². The number of carbonyl (C=O) groups is 4. The number of hydrogen-bond donors (Lipinski definition) is 3. The van der Waals surface area contributed by atoms with E-state index in [4.69, 9.17) is 18.9 Å². The monoisotopic (exact) mass is 1100 g/mol. The maximum atomic E-state index is 13.7. The van der Waals surface area contributed by atoms with Crippen molar-refractivity contribution in [2.75, 3.05) is 72.5 Å². The molecule has 22 heteroatoms. The van der Waals surface area contributed by atoms with E-state index in [1.807, 2.05) is 51.2 Å². The highest BCUT2D eigenvalue weighted by molar-refractivity contribution is 5.97. The van der Waals surface area contributed by atoms with Crippen LogP contribution in [0.3, 0.4) is 0 Å². The van der Waals surface area contributed by atoms with Gasteiger partial charge in [0.1, 0.15) is 11.3 Å². The fraction of sp³-hybridized carbons (Fsp3) is 0.439. The molecule has 6 rings (SSSR count). The molecule has 424 valence electrons. The van der Waals surface area contributed by atoms with Crippen molar-refractivity contribution in [2.45, 2.75) is 78.3 Å². The molecule has 0 bridgehead atoms. The lowest BCUT2D eigenvalue weighted by atomic mass is 10.0. The fourth-order valence-corrected chi connectivity index (χ4v) is 8.84. The van der Waals surface area contributed by atoms with Crippen LogP contribution in [0, 0.1) is 20.8 Å². The second-order valence-corrected chi connectivity index (χ2v) is 18.8. The van der Waals surface area contributed by atoms with E-state index < -0.39 is 23.2 Å². The summed E-state index contributed by atoms with van der Waals surface area (Å²) < 4.78 is 69.0. The Morgan fingerprint density at radius 1 is 0.544 bits per heavy atom. The molecule has 0 aliphatic rings. The number of halogens is 3. The van der Waals surface area contributed by atoms with E-state index in [2.05, 4.69) is 26.1 Å². The van der Waals surface area contributed by atoms with Crippen LogP contribution in [0.1, 0.15) is 94.6 Å². The second-order valence-electron chi connectivity index (χ2n) is 18.8. The lowest BCUT2D eigenvalue weighted by Gasteiger charge is -2.18. The number of aromatic nitrogens is 6. The normalized spacial score (nSPS) is 11.5. The van der Waals surface area contributed by atoms with Crippen molar-refractivity contribution in [3.63, 3.8) is 0 Å². The SMILES string of the molecule is Cc1cccc(-n2c(C)c(-c3ccnn3C)cc(C(=O)CCCOCCOCCNC(=O)NCCCCCC(=O)CCCOCCOCCNC(=O)c3cc(-c4ccnn4C)c(C)n(-c4cccc(C(F)(F)F)c4)c3=O)c2=O)c1. The summed E-state index contributed by atoms with van der Waals surface area (Å²) in [5.74, 6) is -0.856. The molecule has 2 aromatic carbocycles. The van der Waals surface area contributed by atoms with E-state index in [1.165, 1.54) is 29.1 Å². The number of ether oxygens (including phenoxy) is 4. The number of rotatable bonds is 32. The van der Waals surface area contributed by atoms with Gasteiger partial charge in [0.05, 0.1) is 62.2 Å². The van der Waals surface area contributed by atoms with Crippen molar-refractivity contribution >= 4 is 23.5 Å². The van der Waals surface area contributed by atoms with Gasteiger partial charge in [-0.2, -0.15) is 23.4 Å². The van der Waals surface area contributed by atoms with Crippen LogP contribution in [0.2, 0.25) is 0 Å². The lowest BCUT2D eigenvalue weighted by Crippen LogP contribution is -2.37. The number of unbranched alkanes of at least 4 members (excludes halogenated alkanes) is 2. The van der Waals surface area contributed by atoms with E-state index in [0.29, 0.717) is 100.0 Å². The highest BCUT2D eigenvalue weighted by atomic mass is 19.4. The number of nitrogens with one attached hydrogen (secondary N) is 3. The topological polar surface area (TPSA) is 221 Å². The molecule has 4 aromatic heterocycles. The molecule has 4 heterocycles. The summed E-state index contributed by atoms with van der Waals surface area (Å²) in [5, 5.41) is 16.6. The Morgan fingerprint density at radius 2 is 1.05 bits per heavy atom. The van der Waals surface area contributed by atoms with Gasteiger partial charge >= 0.3 is 12.2 Å². The molecule has 0 aliphatic carbocycles. The average molecular weight is 1100 g/mol. The van der Waals surface area contributed by atoms with Crippen LogP contribution in [0.15, 0.2) is 94.8 Å². The zero-order valence-corrected chi connectivity index (χ0v) is 45.4. The van der Waals surface area contributed by atoms with Crippen LogP contribution in [0.25, 0.3) is 33.9 Å². The Hall–Kier alpha value is -7.53. The quantitative estimate of drug-likeness (QED) is 0.0278. The fourth-order valence-electron chi connectivity index (χ4n) is 8.84. The molecule has 3 N–H and O–H groups in total. The standard InChI is InChI=1S/C57H70F3N9O10/c1-39-13-9-15-43(35-39)68-40(2)46(50-20-23-64-66(50)4)37-48(54(68)73)52(71)19-12-28-77-32-34-79-30-26-63-56(75)62-22-8-6-7-17-45(70)18-11-27-76-31-33-78-29-25-61-53(72)49-38-47(51-21-24-65-67(51)5)41(3)69(55(49)74)44-16-10-14-42(36-44)57(58,59)60/h9-10,13-16,20-21,23-24,35-38H,6-8,11-12,17-19,22,25-34H2,1-5H3,(H,61,72)(H2,62,63,75).